The molecule has 0 bridgehead atoms. The number of benzene rings is 2. The Bertz CT molecular complexity index is 1380. The molecule has 39 heavy (non-hydrogen) atoms. The van der Waals surface area contributed by atoms with Crippen LogP contribution in [0.25, 0.3) is 11.3 Å². The Hall–Kier alpha value is -3.62. The van der Waals surface area contributed by atoms with E-state index in [1.165, 1.54) is 18.4 Å². The summed E-state index contributed by atoms with van der Waals surface area (Å²) in [6.07, 6.45) is -0.0396. The third kappa shape index (κ3) is 8.43. The summed E-state index contributed by atoms with van der Waals surface area (Å²) in [5, 5.41) is 12.3. The number of rotatable bonds is 12. The van der Waals surface area contributed by atoms with E-state index in [-0.39, 0.29) is 12.3 Å². The number of thiazole rings is 1. The minimum atomic E-state index is -2.70. The number of hydrogen-bond donors (Lipinski definition) is 3. The van der Waals surface area contributed by atoms with Crippen LogP contribution in [-0.4, -0.2) is 38.9 Å². The van der Waals surface area contributed by atoms with Crippen LogP contribution < -0.4 is 16.1 Å². The lowest BCUT2D eigenvalue weighted by Gasteiger charge is -2.22. The zero-order chi connectivity index (χ0) is 27.6. The number of amides is 2. The van der Waals surface area contributed by atoms with Gasteiger partial charge in [-0.15, -0.1) is 11.3 Å². The Labute approximate surface area is 235 Å². The molecule has 4 aromatic rings. The van der Waals surface area contributed by atoms with Crippen LogP contribution in [0.5, 0.6) is 0 Å². The summed E-state index contributed by atoms with van der Waals surface area (Å²) in [7, 11) is 1.25. The van der Waals surface area contributed by atoms with Crippen LogP contribution in [0.2, 0.25) is 0 Å². The summed E-state index contributed by atoms with van der Waals surface area (Å²) in [6, 6.07) is 16.9. The number of anilines is 1. The first-order valence-electron chi connectivity index (χ1n) is 11.7. The van der Waals surface area contributed by atoms with Crippen molar-refractivity contribution in [3.8, 4) is 11.3 Å². The second-order valence-corrected chi connectivity index (χ2v) is 10.6. The standard InChI is InChI=1S/C26H26N4O6S3/c1-35-26(32)29-21(13-17-5-3-2-4-6-17)24(31)27-22(25-28-23(16-38-25)19-11-12-37-15-19)14-18-7-9-20(10-8-18)30-36-39(33)34/h2-12,15-16,21-22,30H,13-14H2,1H3,(H,27,31)(H,29,32)(H,33,34)/p-1/t21-,22-/m0/s1. The van der Waals surface area contributed by atoms with Gasteiger partial charge < -0.3 is 19.9 Å². The van der Waals surface area contributed by atoms with E-state index >= 15 is 0 Å². The fourth-order valence-electron chi connectivity index (χ4n) is 3.75. The molecule has 4 rings (SSSR count). The van der Waals surface area contributed by atoms with E-state index in [0.717, 1.165) is 22.4 Å². The van der Waals surface area contributed by atoms with E-state index in [9.17, 15) is 18.4 Å². The molecule has 2 aromatic carbocycles. The van der Waals surface area contributed by atoms with Crippen molar-refractivity contribution in [1.82, 2.24) is 15.6 Å². The van der Waals surface area contributed by atoms with Crippen LogP contribution in [0.1, 0.15) is 22.2 Å². The molecule has 0 aliphatic carbocycles. The van der Waals surface area contributed by atoms with Crippen LogP contribution in [0, 0.1) is 0 Å². The van der Waals surface area contributed by atoms with Gasteiger partial charge in [-0.1, -0.05) is 42.5 Å². The van der Waals surface area contributed by atoms with E-state index in [4.69, 9.17) is 9.72 Å². The van der Waals surface area contributed by atoms with E-state index in [0.29, 0.717) is 17.1 Å². The lowest BCUT2D eigenvalue weighted by Crippen LogP contribution is -2.49. The zero-order valence-corrected chi connectivity index (χ0v) is 23.1. The van der Waals surface area contributed by atoms with Gasteiger partial charge in [0, 0.05) is 22.7 Å². The summed E-state index contributed by atoms with van der Waals surface area (Å²) in [4.78, 5) is 30.4. The number of ether oxygens (including phenoxy) is 1. The molecule has 0 aliphatic rings. The molecule has 2 heterocycles. The lowest BCUT2D eigenvalue weighted by molar-refractivity contribution is -0.123. The first-order valence-corrected chi connectivity index (χ1v) is 14.5. The average molecular weight is 586 g/mol. The highest BCUT2D eigenvalue weighted by Crippen LogP contribution is 2.29. The number of aromatic nitrogens is 1. The smallest absolute Gasteiger partial charge is 0.407 e. The average Bonchev–Trinajstić information content (AvgIpc) is 3.65. The molecule has 0 fully saturated rings. The van der Waals surface area contributed by atoms with Gasteiger partial charge >= 0.3 is 6.09 Å². The van der Waals surface area contributed by atoms with E-state index in [1.807, 2.05) is 52.5 Å². The number of carbonyl (C=O) groups is 2. The molecule has 3 N–H and O–H groups in total. The Kier molecular flexibility index (Phi) is 10.2. The van der Waals surface area contributed by atoms with Gasteiger partial charge in [-0.25, -0.2) is 14.0 Å². The molecule has 0 saturated carbocycles. The Morgan fingerprint density at radius 2 is 1.74 bits per heavy atom. The van der Waals surface area contributed by atoms with Crippen molar-refractivity contribution in [1.29, 1.82) is 0 Å². The van der Waals surface area contributed by atoms with Crippen molar-refractivity contribution in [3.63, 3.8) is 0 Å². The maximum atomic E-state index is 13.5. The number of carbonyl (C=O) groups excluding carboxylic acids is 2. The first kappa shape index (κ1) is 28.4. The normalized spacial score (nSPS) is 13.2. The quantitative estimate of drug-likeness (QED) is 0.164. The number of methoxy groups -OCH3 is 1. The van der Waals surface area contributed by atoms with Gasteiger partial charge in [0.25, 0.3) is 0 Å². The summed E-state index contributed by atoms with van der Waals surface area (Å²) < 4.78 is 30.4. The second kappa shape index (κ2) is 14.0. The monoisotopic (exact) mass is 585 g/mol. The van der Waals surface area contributed by atoms with Gasteiger partial charge in [0.1, 0.15) is 22.4 Å². The maximum absolute atomic E-state index is 13.5. The highest BCUT2D eigenvalue weighted by molar-refractivity contribution is 7.74. The largest absolute Gasteiger partial charge is 0.748 e. The third-order valence-corrected chi connectivity index (χ3v) is 7.51. The number of nitrogens with one attached hydrogen (secondary N) is 3. The highest BCUT2D eigenvalue weighted by atomic mass is 32.2. The first-order chi connectivity index (χ1) is 18.9. The molecule has 1 unspecified atom stereocenters. The molecule has 0 saturated heterocycles. The minimum absolute atomic E-state index is 0.272. The fraction of sp³-hybridized carbons (Fsp3) is 0.192. The van der Waals surface area contributed by atoms with Crippen molar-refractivity contribution in [2.75, 3.05) is 12.6 Å². The summed E-state index contributed by atoms with van der Waals surface area (Å²) >= 11 is 0.303. The van der Waals surface area contributed by atoms with Crippen LogP contribution >= 0.6 is 22.7 Å². The molecule has 2 aromatic heterocycles. The van der Waals surface area contributed by atoms with Crippen molar-refractivity contribution >= 4 is 51.7 Å². The molecule has 3 atom stereocenters. The predicted octanol–water partition coefficient (Wildman–Crippen LogP) is 4.38. The van der Waals surface area contributed by atoms with Crippen molar-refractivity contribution in [2.45, 2.75) is 24.9 Å². The van der Waals surface area contributed by atoms with E-state index in [2.05, 4.69) is 20.4 Å². The maximum Gasteiger partial charge on any atom is 0.407 e. The molecule has 0 aliphatic heterocycles. The summed E-state index contributed by atoms with van der Waals surface area (Å²) in [5.74, 6) is -0.383. The van der Waals surface area contributed by atoms with Gasteiger partial charge in [0.2, 0.25) is 5.91 Å². The Morgan fingerprint density at radius 3 is 2.41 bits per heavy atom. The predicted molar refractivity (Wildman–Crippen MR) is 150 cm³/mol. The molecule has 204 valence electrons. The van der Waals surface area contributed by atoms with E-state index < -0.39 is 29.5 Å². The van der Waals surface area contributed by atoms with Crippen LogP contribution in [0.15, 0.2) is 76.8 Å². The molecule has 13 heteroatoms. The number of thiophene rings is 1. The number of alkyl carbamates (subject to hydrolysis) is 1. The zero-order valence-electron chi connectivity index (χ0n) is 20.7. The van der Waals surface area contributed by atoms with Gasteiger partial charge in [0.15, 0.2) is 0 Å². The van der Waals surface area contributed by atoms with Crippen LogP contribution in [-0.2, 0) is 38.0 Å². The second-order valence-electron chi connectivity index (χ2n) is 8.31. The van der Waals surface area contributed by atoms with Crippen molar-refractivity contribution < 1.29 is 27.4 Å². The molecular formula is C26H25N4O6S3-. The van der Waals surface area contributed by atoms with Gasteiger partial charge in [-0.3, -0.25) is 10.3 Å². The third-order valence-electron chi connectivity index (χ3n) is 5.65. The van der Waals surface area contributed by atoms with Crippen molar-refractivity contribution in [2.24, 2.45) is 0 Å². The molecule has 0 spiro atoms. The number of nitrogens with zero attached hydrogens (tertiary/aromatic N) is 1. The fourth-order valence-corrected chi connectivity index (χ4v) is 5.44. The van der Waals surface area contributed by atoms with Crippen LogP contribution in [0.3, 0.4) is 0 Å². The Morgan fingerprint density at radius 1 is 1.00 bits per heavy atom. The van der Waals surface area contributed by atoms with Gasteiger partial charge in [0.05, 0.1) is 24.5 Å². The van der Waals surface area contributed by atoms with Crippen molar-refractivity contribution in [3.05, 3.63) is 92.9 Å². The Balaban J connectivity index is 1.56. The highest BCUT2D eigenvalue weighted by Gasteiger charge is 2.26. The molecule has 2 amide bonds. The summed E-state index contributed by atoms with van der Waals surface area (Å²) in [5.41, 5.74) is 6.32. The van der Waals surface area contributed by atoms with Gasteiger partial charge in [-0.05, 0) is 41.1 Å². The molecule has 10 nitrogen and oxygen atoms in total. The molecule has 0 radical (unpaired) electrons. The lowest BCUT2D eigenvalue weighted by atomic mass is 10.0. The van der Waals surface area contributed by atoms with E-state index in [1.54, 1.807) is 35.6 Å². The molecular weight excluding hydrogens is 561 g/mol. The number of hydrogen-bond acceptors (Lipinski definition) is 10. The van der Waals surface area contributed by atoms with Crippen LogP contribution in [0.4, 0.5) is 10.5 Å². The SMILES string of the molecule is COC(=O)N[C@@H](Cc1ccccc1)C(=O)N[C@@H](Cc1ccc(NOS(=O)[O-])cc1)c1nc(-c2ccsc2)cs1. The summed E-state index contributed by atoms with van der Waals surface area (Å²) in [6.45, 7) is 0. The minimum Gasteiger partial charge on any atom is -0.748 e. The van der Waals surface area contributed by atoms with Gasteiger partial charge in [-0.2, -0.15) is 15.6 Å². The topological polar surface area (TPSA) is 142 Å².